The van der Waals surface area contributed by atoms with Crippen molar-refractivity contribution in [1.82, 2.24) is 4.98 Å². The van der Waals surface area contributed by atoms with Crippen molar-refractivity contribution in [2.45, 2.75) is 13.2 Å². The number of hydrogen-bond acceptors (Lipinski definition) is 3. The second kappa shape index (κ2) is 6.31. The van der Waals surface area contributed by atoms with Gasteiger partial charge in [0.05, 0.1) is 4.47 Å². The third-order valence-electron chi connectivity index (χ3n) is 2.39. The molecule has 0 radical (unpaired) electrons. The second-order valence-corrected chi connectivity index (χ2v) is 5.54. The summed E-state index contributed by atoms with van der Waals surface area (Å²) >= 11 is 6.85. The van der Waals surface area contributed by atoms with E-state index < -0.39 is 0 Å². The average molecular weight is 372 g/mol. The molecule has 0 aliphatic carbocycles. The van der Waals surface area contributed by atoms with Gasteiger partial charge in [-0.25, -0.2) is 0 Å². The second-order valence-electron chi connectivity index (χ2n) is 3.77. The molecule has 2 rings (SSSR count). The van der Waals surface area contributed by atoms with Crippen molar-refractivity contribution < 1.29 is 4.74 Å². The molecule has 0 aliphatic rings. The predicted octanol–water partition coefficient (Wildman–Crippen LogP) is 3.64. The monoisotopic (exact) mass is 370 g/mol. The van der Waals surface area contributed by atoms with Gasteiger partial charge in [0.15, 0.2) is 0 Å². The summed E-state index contributed by atoms with van der Waals surface area (Å²) < 4.78 is 7.58. The number of benzene rings is 1. The Labute approximate surface area is 123 Å². The Bertz CT molecular complexity index is 546. The van der Waals surface area contributed by atoms with E-state index in [9.17, 15) is 0 Å². The van der Waals surface area contributed by atoms with E-state index in [0.29, 0.717) is 13.2 Å². The zero-order valence-corrected chi connectivity index (χ0v) is 12.7. The smallest absolute Gasteiger partial charge is 0.134 e. The molecule has 0 atom stereocenters. The van der Waals surface area contributed by atoms with Crippen LogP contribution in [-0.4, -0.2) is 4.98 Å². The van der Waals surface area contributed by atoms with Crippen molar-refractivity contribution in [2.24, 2.45) is 5.73 Å². The fourth-order valence-corrected chi connectivity index (χ4v) is 2.44. The van der Waals surface area contributed by atoms with E-state index in [1.807, 2.05) is 24.3 Å². The standard InChI is InChI=1S/C13H12Br2N2O/c14-11-3-10(6-17-7-11)8-18-13-2-1-9(5-16)4-12(13)15/h1-4,6-7H,5,8,16H2. The van der Waals surface area contributed by atoms with Crippen LogP contribution in [0.1, 0.15) is 11.1 Å². The first-order valence-electron chi connectivity index (χ1n) is 5.40. The molecule has 2 aromatic rings. The van der Waals surface area contributed by atoms with Gasteiger partial charge in [0.2, 0.25) is 0 Å². The van der Waals surface area contributed by atoms with Gasteiger partial charge in [0, 0.05) is 29.0 Å². The molecule has 94 valence electrons. The summed E-state index contributed by atoms with van der Waals surface area (Å²) in [5, 5.41) is 0. The Morgan fingerprint density at radius 2 is 1.94 bits per heavy atom. The summed E-state index contributed by atoms with van der Waals surface area (Å²) in [6, 6.07) is 7.82. The van der Waals surface area contributed by atoms with E-state index >= 15 is 0 Å². The molecule has 0 saturated heterocycles. The SMILES string of the molecule is NCc1ccc(OCc2cncc(Br)c2)c(Br)c1. The summed E-state index contributed by atoms with van der Waals surface area (Å²) in [5.41, 5.74) is 7.66. The van der Waals surface area contributed by atoms with Crippen LogP contribution in [0.4, 0.5) is 0 Å². The van der Waals surface area contributed by atoms with Crippen LogP contribution in [-0.2, 0) is 13.2 Å². The van der Waals surface area contributed by atoms with Crippen molar-refractivity contribution in [3.05, 3.63) is 56.7 Å². The van der Waals surface area contributed by atoms with E-state index in [0.717, 1.165) is 25.8 Å². The molecule has 0 amide bonds. The fraction of sp³-hybridized carbons (Fsp3) is 0.154. The average Bonchev–Trinajstić information content (AvgIpc) is 2.37. The molecule has 0 saturated carbocycles. The molecular weight excluding hydrogens is 360 g/mol. The lowest BCUT2D eigenvalue weighted by Crippen LogP contribution is -1.99. The number of halogens is 2. The van der Waals surface area contributed by atoms with Crippen molar-refractivity contribution in [3.63, 3.8) is 0 Å². The molecule has 3 nitrogen and oxygen atoms in total. The first kappa shape index (κ1) is 13.5. The highest BCUT2D eigenvalue weighted by Crippen LogP contribution is 2.26. The van der Waals surface area contributed by atoms with E-state index in [1.165, 1.54) is 0 Å². The maximum Gasteiger partial charge on any atom is 0.134 e. The van der Waals surface area contributed by atoms with E-state index in [2.05, 4.69) is 36.8 Å². The van der Waals surface area contributed by atoms with Gasteiger partial charge in [0.1, 0.15) is 12.4 Å². The van der Waals surface area contributed by atoms with Crippen molar-refractivity contribution in [3.8, 4) is 5.75 Å². The van der Waals surface area contributed by atoms with Gasteiger partial charge in [-0.3, -0.25) is 4.98 Å². The highest BCUT2D eigenvalue weighted by atomic mass is 79.9. The summed E-state index contributed by atoms with van der Waals surface area (Å²) in [6.45, 7) is 1.00. The lowest BCUT2D eigenvalue weighted by Gasteiger charge is -2.09. The van der Waals surface area contributed by atoms with Gasteiger partial charge in [-0.2, -0.15) is 0 Å². The highest BCUT2D eigenvalue weighted by molar-refractivity contribution is 9.10. The fourth-order valence-electron chi connectivity index (χ4n) is 1.48. The molecule has 0 unspecified atom stereocenters. The summed E-state index contributed by atoms with van der Waals surface area (Å²) in [5.74, 6) is 0.798. The molecule has 5 heteroatoms. The first-order valence-corrected chi connectivity index (χ1v) is 6.98. The maximum atomic E-state index is 5.73. The Balaban J connectivity index is 2.06. The molecule has 0 aliphatic heterocycles. The number of nitrogens with two attached hydrogens (primary N) is 1. The van der Waals surface area contributed by atoms with Gasteiger partial charge in [-0.15, -0.1) is 0 Å². The zero-order chi connectivity index (χ0) is 13.0. The van der Waals surface area contributed by atoms with Gasteiger partial charge in [-0.05, 0) is 55.6 Å². The first-order chi connectivity index (χ1) is 8.69. The van der Waals surface area contributed by atoms with Gasteiger partial charge >= 0.3 is 0 Å². The molecule has 1 aromatic carbocycles. The molecule has 2 N–H and O–H groups in total. The maximum absolute atomic E-state index is 5.73. The third-order valence-corrected chi connectivity index (χ3v) is 3.44. The van der Waals surface area contributed by atoms with Gasteiger partial charge in [0.25, 0.3) is 0 Å². The van der Waals surface area contributed by atoms with Crippen molar-refractivity contribution in [1.29, 1.82) is 0 Å². The molecule has 0 spiro atoms. The largest absolute Gasteiger partial charge is 0.488 e. The number of nitrogens with zero attached hydrogens (tertiary/aromatic N) is 1. The van der Waals surface area contributed by atoms with Crippen LogP contribution in [0.15, 0.2) is 45.6 Å². The van der Waals surface area contributed by atoms with Crippen LogP contribution in [0.25, 0.3) is 0 Å². The molecule has 18 heavy (non-hydrogen) atoms. The van der Waals surface area contributed by atoms with Crippen LogP contribution in [0.5, 0.6) is 5.75 Å². The van der Waals surface area contributed by atoms with Crippen molar-refractivity contribution >= 4 is 31.9 Å². The van der Waals surface area contributed by atoms with Crippen LogP contribution >= 0.6 is 31.9 Å². The molecule has 1 aromatic heterocycles. The van der Waals surface area contributed by atoms with Crippen LogP contribution < -0.4 is 10.5 Å². The Morgan fingerprint density at radius 3 is 2.61 bits per heavy atom. The number of rotatable bonds is 4. The highest BCUT2D eigenvalue weighted by Gasteiger charge is 2.03. The number of aromatic nitrogens is 1. The quantitative estimate of drug-likeness (QED) is 0.892. The predicted molar refractivity (Wildman–Crippen MR) is 78.3 cm³/mol. The Morgan fingerprint density at radius 1 is 1.11 bits per heavy atom. The molecule has 1 heterocycles. The zero-order valence-electron chi connectivity index (χ0n) is 9.57. The van der Waals surface area contributed by atoms with Crippen molar-refractivity contribution in [2.75, 3.05) is 0 Å². The van der Waals surface area contributed by atoms with E-state index in [4.69, 9.17) is 10.5 Å². The van der Waals surface area contributed by atoms with Gasteiger partial charge in [-0.1, -0.05) is 6.07 Å². The Hall–Kier alpha value is -0.910. The van der Waals surface area contributed by atoms with Gasteiger partial charge < -0.3 is 10.5 Å². The minimum Gasteiger partial charge on any atom is -0.488 e. The Kier molecular flexibility index (Phi) is 4.74. The number of hydrogen-bond donors (Lipinski definition) is 1. The molecule has 0 fully saturated rings. The summed E-state index contributed by atoms with van der Waals surface area (Å²) in [7, 11) is 0. The lowest BCUT2D eigenvalue weighted by molar-refractivity contribution is 0.303. The van der Waals surface area contributed by atoms with Crippen LogP contribution in [0.3, 0.4) is 0 Å². The third kappa shape index (κ3) is 3.54. The lowest BCUT2D eigenvalue weighted by atomic mass is 10.2. The van der Waals surface area contributed by atoms with E-state index in [1.54, 1.807) is 12.4 Å². The minimum absolute atomic E-state index is 0.479. The molecular formula is C13H12Br2N2O. The number of pyridine rings is 1. The normalized spacial score (nSPS) is 10.4. The summed E-state index contributed by atoms with van der Waals surface area (Å²) in [6.07, 6.45) is 3.53. The van der Waals surface area contributed by atoms with Crippen LogP contribution in [0.2, 0.25) is 0 Å². The number of ether oxygens (including phenoxy) is 1. The summed E-state index contributed by atoms with van der Waals surface area (Å²) in [4.78, 5) is 4.09. The topological polar surface area (TPSA) is 48.1 Å². The van der Waals surface area contributed by atoms with Crippen LogP contribution in [0, 0.1) is 0 Å². The minimum atomic E-state index is 0.479. The van der Waals surface area contributed by atoms with E-state index in [-0.39, 0.29) is 0 Å². The molecule has 0 bridgehead atoms.